The highest BCUT2D eigenvalue weighted by Gasteiger charge is 2.45. The fourth-order valence-corrected chi connectivity index (χ4v) is 2.73. The van der Waals surface area contributed by atoms with Crippen molar-refractivity contribution < 1.29 is 0 Å². The number of nitrogens with two attached hydrogens (primary N) is 1. The van der Waals surface area contributed by atoms with E-state index in [2.05, 4.69) is 40.7 Å². The molecule has 4 heteroatoms. The van der Waals surface area contributed by atoms with Crippen LogP contribution in [0.2, 0.25) is 0 Å². The maximum atomic E-state index is 5.71. The molecule has 1 aromatic heterocycles. The number of aryl methyl sites for hydroxylation is 1. The van der Waals surface area contributed by atoms with Crippen molar-refractivity contribution in [1.29, 1.82) is 0 Å². The Labute approximate surface area is 107 Å². The van der Waals surface area contributed by atoms with Gasteiger partial charge in [0.2, 0.25) is 0 Å². The van der Waals surface area contributed by atoms with Gasteiger partial charge in [-0.15, -0.1) is 0 Å². The first-order chi connectivity index (χ1) is 8.81. The molecule has 3 atom stereocenters. The lowest BCUT2D eigenvalue weighted by Crippen LogP contribution is -2.31. The van der Waals surface area contributed by atoms with E-state index in [1.165, 1.54) is 12.0 Å². The van der Waals surface area contributed by atoms with Crippen LogP contribution in [-0.2, 0) is 7.05 Å². The molecule has 4 nitrogen and oxygen atoms in total. The van der Waals surface area contributed by atoms with Crippen molar-refractivity contribution in [3.63, 3.8) is 0 Å². The van der Waals surface area contributed by atoms with Gasteiger partial charge in [-0.3, -0.25) is 5.84 Å². The molecule has 0 aliphatic heterocycles. The Kier molecular flexibility index (Phi) is 2.89. The van der Waals surface area contributed by atoms with E-state index in [1.807, 2.05) is 24.0 Å². The van der Waals surface area contributed by atoms with E-state index >= 15 is 0 Å². The summed E-state index contributed by atoms with van der Waals surface area (Å²) in [6, 6.07) is 10.8. The van der Waals surface area contributed by atoms with E-state index in [-0.39, 0.29) is 6.04 Å². The zero-order chi connectivity index (χ0) is 12.5. The molecule has 1 heterocycles. The Bertz CT molecular complexity index is 520. The molecule has 1 saturated carbocycles. The predicted octanol–water partition coefficient (Wildman–Crippen LogP) is 1.73. The minimum absolute atomic E-state index is 0.134. The first kappa shape index (κ1) is 11.4. The van der Waals surface area contributed by atoms with Gasteiger partial charge in [-0.25, -0.2) is 10.4 Å². The van der Waals surface area contributed by atoms with Gasteiger partial charge >= 0.3 is 0 Å². The van der Waals surface area contributed by atoms with Gasteiger partial charge in [0.1, 0.15) is 5.82 Å². The van der Waals surface area contributed by atoms with Crippen molar-refractivity contribution in [3.8, 4) is 0 Å². The molecular weight excluding hydrogens is 224 g/mol. The van der Waals surface area contributed by atoms with E-state index < -0.39 is 0 Å². The third-order valence-electron chi connectivity index (χ3n) is 3.81. The smallest absolute Gasteiger partial charge is 0.127 e. The Morgan fingerprint density at radius 3 is 2.78 bits per heavy atom. The van der Waals surface area contributed by atoms with Gasteiger partial charge in [0.05, 0.1) is 6.04 Å². The van der Waals surface area contributed by atoms with Crippen molar-refractivity contribution >= 4 is 0 Å². The van der Waals surface area contributed by atoms with Crippen LogP contribution in [0.25, 0.3) is 0 Å². The minimum Gasteiger partial charge on any atom is -0.337 e. The summed E-state index contributed by atoms with van der Waals surface area (Å²) < 4.78 is 2.03. The van der Waals surface area contributed by atoms with Crippen molar-refractivity contribution in [2.45, 2.75) is 18.4 Å². The Hall–Kier alpha value is -1.65. The molecule has 1 aliphatic carbocycles. The molecule has 94 valence electrons. The lowest BCUT2D eigenvalue weighted by atomic mass is 10.1. The number of hydrazine groups is 1. The van der Waals surface area contributed by atoms with E-state index in [1.54, 1.807) is 0 Å². The van der Waals surface area contributed by atoms with Gasteiger partial charge in [0.25, 0.3) is 0 Å². The first-order valence-electron chi connectivity index (χ1n) is 6.29. The lowest BCUT2D eigenvalue weighted by Gasteiger charge is -2.15. The zero-order valence-corrected chi connectivity index (χ0v) is 10.5. The van der Waals surface area contributed by atoms with E-state index in [0.29, 0.717) is 11.8 Å². The molecule has 2 aromatic rings. The summed E-state index contributed by atoms with van der Waals surface area (Å²) in [6.07, 6.45) is 4.95. The molecule has 1 aromatic carbocycles. The van der Waals surface area contributed by atoms with Crippen molar-refractivity contribution in [3.05, 3.63) is 54.1 Å². The number of benzene rings is 1. The van der Waals surface area contributed by atoms with Crippen LogP contribution in [0.3, 0.4) is 0 Å². The molecule has 1 fully saturated rings. The number of rotatable bonds is 4. The quantitative estimate of drug-likeness (QED) is 0.634. The summed E-state index contributed by atoms with van der Waals surface area (Å²) in [5, 5.41) is 0. The average Bonchev–Trinajstić information content (AvgIpc) is 3.08. The lowest BCUT2D eigenvalue weighted by molar-refractivity contribution is 0.451. The van der Waals surface area contributed by atoms with Gasteiger partial charge in [-0.1, -0.05) is 30.3 Å². The minimum atomic E-state index is 0.134. The van der Waals surface area contributed by atoms with E-state index in [4.69, 9.17) is 5.84 Å². The standard InChI is InChI=1S/C14H18N4/c1-18-8-7-16-14(18)13(17-15)12-9-11(12)10-5-3-2-4-6-10/h2-8,11-13,17H,9,15H2,1H3. The normalized spacial score (nSPS) is 23.9. The number of aromatic nitrogens is 2. The maximum absolute atomic E-state index is 5.71. The van der Waals surface area contributed by atoms with Gasteiger partial charge in [0, 0.05) is 19.4 Å². The predicted molar refractivity (Wildman–Crippen MR) is 70.6 cm³/mol. The molecular formula is C14H18N4. The molecule has 18 heavy (non-hydrogen) atoms. The molecule has 3 unspecified atom stereocenters. The topological polar surface area (TPSA) is 55.9 Å². The Balaban J connectivity index is 1.79. The van der Waals surface area contributed by atoms with Crippen LogP contribution in [0.15, 0.2) is 42.7 Å². The zero-order valence-electron chi connectivity index (χ0n) is 10.5. The third-order valence-corrected chi connectivity index (χ3v) is 3.81. The average molecular weight is 242 g/mol. The summed E-state index contributed by atoms with van der Waals surface area (Å²) in [7, 11) is 2.01. The highest BCUT2D eigenvalue weighted by atomic mass is 15.3. The number of imidazole rings is 1. The molecule has 3 N–H and O–H groups in total. The van der Waals surface area contributed by atoms with Crippen molar-refractivity contribution in [1.82, 2.24) is 15.0 Å². The second-order valence-corrected chi connectivity index (χ2v) is 4.96. The highest BCUT2D eigenvalue weighted by molar-refractivity contribution is 5.27. The summed E-state index contributed by atoms with van der Waals surface area (Å²) in [6.45, 7) is 0. The van der Waals surface area contributed by atoms with Crippen LogP contribution in [0.5, 0.6) is 0 Å². The third kappa shape index (κ3) is 1.94. The van der Waals surface area contributed by atoms with Gasteiger partial charge < -0.3 is 4.57 Å². The monoisotopic (exact) mass is 242 g/mol. The Morgan fingerprint density at radius 2 is 2.17 bits per heavy atom. The van der Waals surface area contributed by atoms with Gasteiger partial charge in [-0.2, -0.15) is 0 Å². The van der Waals surface area contributed by atoms with Crippen LogP contribution >= 0.6 is 0 Å². The van der Waals surface area contributed by atoms with Crippen LogP contribution in [0.1, 0.15) is 29.8 Å². The van der Waals surface area contributed by atoms with E-state index in [9.17, 15) is 0 Å². The Morgan fingerprint density at radius 1 is 1.39 bits per heavy atom. The highest BCUT2D eigenvalue weighted by Crippen LogP contribution is 2.53. The molecule has 0 amide bonds. The molecule has 0 radical (unpaired) electrons. The summed E-state index contributed by atoms with van der Waals surface area (Å²) >= 11 is 0. The van der Waals surface area contributed by atoms with Crippen LogP contribution in [-0.4, -0.2) is 9.55 Å². The second-order valence-electron chi connectivity index (χ2n) is 4.96. The van der Waals surface area contributed by atoms with Crippen LogP contribution in [0.4, 0.5) is 0 Å². The summed E-state index contributed by atoms with van der Waals surface area (Å²) in [4.78, 5) is 4.40. The number of nitrogens with one attached hydrogen (secondary N) is 1. The SMILES string of the molecule is Cn1ccnc1C(NN)C1CC1c1ccccc1. The summed E-state index contributed by atoms with van der Waals surface area (Å²) in [5.41, 5.74) is 4.32. The van der Waals surface area contributed by atoms with Crippen molar-refractivity contribution in [2.24, 2.45) is 18.8 Å². The fraction of sp³-hybridized carbons (Fsp3) is 0.357. The maximum Gasteiger partial charge on any atom is 0.127 e. The van der Waals surface area contributed by atoms with Crippen molar-refractivity contribution in [2.75, 3.05) is 0 Å². The fourth-order valence-electron chi connectivity index (χ4n) is 2.73. The molecule has 0 spiro atoms. The molecule has 1 aliphatic rings. The summed E-state index contributed by atoms with van der Waals surface area (Å²) in [5.74, 6) is 7.87. The largest absolute Gasteiger partial charge is 0.337 e. The molecule has 0 bridgehead atoms. The van der Waals surface area contributed by atoms with Gasteiger partial charge in [0.15, 0.2) is 0 Å². The first-order valence-corrected chi connectivity index (χ1v) is 6.29. The number of hydrogen-bond acceptors (Lipinski definition) is 3. The number of hydrogen-bond donors (Lipinski definition) is 2. The molecule has 0 saturated heterocycles. The second kappa shape index (κ2) is 4.55. The van der Waals surface area contributed by atoms with Gasteiger partial charge in [-0.05, 0) is 23.8 Å². The van der Waals surface area contributed by atoms with Crippen LogP contribution in [0, 0.1) is 5.92 Å². The molecule has 3 rings (SSSR count). The van der Waals surface area contributed by atoms with E-state index in [0.717, 1.165) is 5.82 Å². The van der Waals surface area contributed by atoms with Crippen LogP contribution < -0.4 is 11.3 Å². The number of nitrogens with zero attached hydrogens (tertiary/aromatic N) is 2.